The minimum absolute atomic E-state index is 0.0730. The second kappa shape index (κ2) is 6.56. The average molecular weight is 285 g/mol. The Morgan fingerprint density at radius 2 is 1.67 bits per heavy atom. The average Bonchev–Trinajstić information content (AvgIpc) is 2.47. The van der Waals surface area contributed by atoms with Crippen LogP contribution in [-0.2, 0) is 11.2 Å². The topological polar surface area (TPSA) is 86.6 Å². The van der Waals surface area contributed by atoms with Crippen molar-refractivity contribution in [3.05, 3.63) is 59.7 Å². The molecule has 5 nitrogen and oxygen atoms in total. The molecule has 0 saturated heterocycles. The zero-order valence-corrected chi connectivity index (χ0v) is 11.2. The Bertz CT molecular complexity index is 650. The number of benzene rings is 2. The lowest BCUT2D eigenvalue weighted by atomic mass is 10.1. The Hall–Kier alpha value is -2.82. The van der Waals surface area contributed by atoms with Crippen LogP contribution in [-0.4, -0.2) is 22.1 Å². The van der Waals surface area contributed by atoms with Crippen molar-refractivity contribution in [2.45, 2.75) is 12.8 Å². The monoisotopic (exact) mass is 285 g/mol. The number of carboxylic acid groups (broad SMARTS) is 1. The molecule has 0 heterocycles. The summed E-state index contributed by atoms with van der Waals surface area (Å²) < 4.78 is 0. The van der Waals surface area contributed by atoms with Crippen molar-refractivity contribution in [1.82, 2.24) is 0 Å². The first-order chi connectivity index (χ1) is 10.1. The molecule has 0 aliphatic carbocycles. The van der Waals surface area contributed by atoms with Gasteiger partial charge in [0.25, 0.3) is 5.91 Å². The molecule has 0 aliphatic heterocycles. The van der Waals surface area contributed by atoms with Gasteiger partial charge in [0.15, 0.2) is 0 Å². The molecule has 0 bridgehead atoms. The molecule has 2 aromatic carbocycles. The molecule has 0 aliphatic rings. The summed E-state index contributed by atoms with van der Waals surface area (Å²) in [6.07, 6.45) is 0.520. The molecule has 0 saturated carbocycles. The molecule has 3 N–H and O–H groups in total. The van der Waals surface area contributed by atoms with E-state index in [4.69, 9.17) is 5.11 Å². The predicted molar refractivity (Wildman–Crippen MR) is 78.5 cm³/mol. The third-order valence-electron chi connectivity index (χ3n) is 2.99. The highest BCUT2D eigenvalue weighted by molar-refractivity contribution is 6.06. The van der Waals surface area contributed by atoms with E-state index in [-0.39, 0.29) is 17.7 Å². The highest BCUT2D eigenvalue weighted by Gasteiger charge is 2.10. The Kier molecular flexibility index (Phi) is 4.56. The molecule has 0 radical (unpaired) electrons. The summed E-state index contributed by atoms with van der Waals surface area (Å²) in [5.41, 5.74) is 1.67. The van der Waals surface area contributed by atoms with Gasteiger partial charge in [0.2, 0.25) is 0 Å². The SMILES string of the molecule is O=C(O)CCc1ccc(NC(=O)c2ccccc2O)cc1. The van der Waals surface area contributed by atoms with Crippen molar-refractivity contribution < 1.29 is 19.8 Å². The van der Waals surface area contributed by atoms with Crippen molar-refractivity contribution in [1.29, 1.82) is 0 Å². The molecule has 2 aromatic rings. The van der Waals surface area contributed by atoms with Crippen LogP contribution < -0.4 is 5.32 Å². The number of hydrogen-bond acceptors (Lipinski definition) is 3. The lowest BCUT2D eigenvalue weighted by Gasteiger charge is -2.07. The highest BCUT2D eigenvalue weighted by Crippen LogP contribution is 2.18. The van der Waals surface area contributed by atoms with Gasteiger partial charge in [0.05, 0.1) is 5.56 Å². The van der Waals surface area contributed by atoms with Gasteiger partial charge in [-0.2, -0.15) is 0 Å². The van der Waals surface area contributed by atoms with Gasteiger partial charge in [0.1, 0.15) is 5.75 Å². The summed E-state index contributed by atoms with van der Waals surface area (Å²) in [5, 5.41) is 20.9. The number of carbonyl (C=O) groups excluding carboxylic acids is 1. The van der Waals surface area contributed by atoms with Crippen LogP contribution in [0.4, 0.5) is 5.69 Å². The number of aromatic hydroxyl groups is 1. The lowest BCUT2D eigenvalue weighted by molar-refractivity contribution is -0.136. The molecule has 1 amide bonds. The summed E-state index contributed by atoms with van der Waals surface area (Å²) >= 11 is 0. The number of rotatable bonds is 5. The maximum absolute atomic E-state index is 12.0. The summed E-state index contributed by atoms with van der Waals surface area (Å²) in [7, 11) is 0. The van der Waals surface area contributed by atoms with Gasteiger partial charge >= 0.3 is 5.97 Å². The molecule has 2 rings (SSSR count). The highest BCUT2D eigenvalue weighted by atomic mass is 16.4. The lowest BCUT2D eigenvalue weighted by Crippen LogP contribution is -2.11. The fourth-order valence-corrected chi connectivity index (χ4v) is 1.87. The second-order valence-corrected chi connectivity index (χ2v) is 4.56. The maximum Gasteiger partial charge on any atom is 0.303 e. The Morgan fingerprint density at radius 3 is 2.29 bits per heavy atom. The third kappa shape index (κ3) is 4.07. The number of phenolic OH excluding ortho intramolecular Hbond substituents is 1. The number of carbonyl (C=O) groups is 2. The van der Waals surface area contributed by atoms with E-state index < -0.39 is 11.9 Å². The Morgan fingerprint density at radius 1 is 1.00 bits per heavy atom. The first kappa shape index (κ1) is 14.6. The van der Waals surface area contributed by atoms with Gasteiger partial charge in [-0.1, -0.05) is 24.3 Å². The summed E-state index contributed by atoms with van der Waals surface area (Å²) in [5.74, 6) is -1.31. The number of nitrogens with one attached hydrogen (secondary N) is 1. The summed E-state index contributed by atoms with van der Waals surface area (Å²) in [6.45, 7) is 0. The predicted octanol–water partition coefficient (Wildman–Crippen LogP) is 2.66. The smallest absolute Gasteiger partial charge is 0.303 e. The van der Waals surface area contributed by atoms with E-state index in [0.717, 1.165) is 5.56 Å². The van der Waals surface area contributed by atoms with Crippen LogP contribution in [0.1, 0.15) is 22.3 Å². The number of anilines is 1. The molecule has 0 spiro atoms. The minimum Gasteiger partial charge on any atom is -0.507 e. The molecule has 0 aromatic heterocycles. The number of para-hydroxylation sites is 1. The number of phenols is 1. The van der Waals surface area contributed by atoms with Crippen LogP contribution >= 0.6 is 0 Å². The molecule has 0 unspecified atom stereocenters. The van der Waals surface area contributed by atoms with Gasteiger partial charge in [0, 0.05) is 12.1 Å². The van der Waals surface area contributed by atoms with E-state index in [1.807, 2.05) is 0 Å². The standard InChI is InChI=1S/C16H15NO4/c18-14-4-2-1-3-13(14)16(21)17-12-8-5-11(6-9-12)7-10-15(19)20/h1-6,8-9,18H,7,10H2,(H,17,21)(H,19,20). The minimum atomic E-state index is -0.841. The van der Waals surface area contributed by atoms with E-state index in [0.29, 0.717) is 12.1 Å². The molecule has 5 heteroatoms. The molecule has 21 heavy (non-hydrogen) atoms. The maximum atomic E-state index is 12.0. The van der Waals surface area contributed by atoms with Gasteiger partial charge in [-0.15, -0.1) is 0 Å². The van der Waals surface area contributed by atoms with E-state index in [9.17, 15) is 14.7 Å². The number of aliphatic carboxylic acids is 1. The van der Waals surface area contributed by atoms with Crippen LogP contribution in [0.25, 0.3) is 0 Å². The van der Waals surface area contributed by atoms with Gasteiger partial charge in [-0.25, -0.2) is 0 Å². The van der Waals surface area contributed by atoms with Crippen LogP contribution in [0.5, 0.6) is 5.75 Å². The molecule has 0 fully saturated rings. The van der Waals surface area contributed by atoms with Crippen molar-refractivity contribution in [2.24, 2.45) is 0 Å². The van der Waals surface area contributed by atoms with Crippen molar-refractivity contribution in [3.8, 4) is 5.75 Å². The van der Waals surface area contributed by atoms with Crippen LogP contribution in [0.3, 0.4) is 0 Å². The molecule has 0 atom stereocenters. The zero-order chi connectivity index (χ0) is 15.2. The van der Waals surface area contributed by atoms with Crippen LogP contribution in [0.15, 0.2) is 48.5 Å². The molecule has 108 valence electrons. The molecular weight excluding hydrogens is 270 g/mol. The largest absolute Gasteiger partial charge is 0.507 e. The first-order valence-corrected chi connectivity index (χ1v) is 6.46. The van der Waals surface area contributed by atoms with E-state index in [2.05, 4.69) is 5.32 Å². The van der Waals surface area contributed by atoms with Crippen molar-refractivity contribution in [2.75, 3.05) is 5.32 Å². The quantitative estimate of drug-likeness (QED) is 0.788. The van der Waals surface area contributed by atoms with Gasteiger partial charge in [-0.3, -0.25) is 9.59 Å². The fraction of sp³-hybridized carbons (Fsp3) is 0.125. The summed E-state index contributed by atoms with van der Waals surface area (Å²) in [4.78, 5) is 22.5. The van der Waals surface area contributed by atoms with Crippen LogP contribution in [0, 0.1) is 0 Å². The number of hydrogen-bond donors (Lipinski definition) is 3. The number of carboxylic acids is 1. The van der Waals surface area contributed by atoms with Crippen molar-refractivity contribution >= 4 is 17.6 Å². The number of amides is 1. The number of aryl methyl sites for hydroxylation is 1. The van der Waals surface area contributed by atoms with E-state index in [1.54, 1.807) is 36.4 Å². The van der Waals surface area contributed by atoms with Gasteiger partial charge in [-0.05, 0) is 36.2 Å². The third-order valence-corrected chi connectivity index (χ3v) is 2.99. The normalized spacial score (nSPS) is 10.1. The van der Waals surface area contributed by atoms with Crippen molar-refractivity contribution in [3.63, 3.8) is 0 Å². The van der Waals surface area contributed by atoms with Gasteiger partial charge < -0.3 is 15.5 Å². The van der Waals surface area contributed by atoms with E-state index >= 15 is 0 Å². The zero-order valence-electron chi connectivity index (χ0n) is 11.2. The fourth-order valence-electron chi connectivity index (χ4n) is 1.87. The Balaban J connectivity index is 2.02. The Labute approximate surface area is 121 Å². The first-order valence-electron chi connectivity index (χ1n) is 6.46. The molecular formula is C16H15NO4. The second-order valence-electron chi connectivity index (χ2n) is 4.56. The summed E-state index contributed by atoms with van der Waals surface area (Å²) in [6, 6.07) is 13.2. The van der Waals surface area contributed by atoms with Crippen LogP contribution in [0.2, 0.25) is 0 Å². The van der Waals surface area contributed by atoms with E-state index in [1.165, 1.54) is 12.1 Å².